The lowest BCUT2D eigenvalue weighted by Crippen LogP contribution is -2.60. The number of urea groups is 1. The van der Waals surface area contributed by atoms with Crippen LogP contribution in [0, 0.1) is 0 Å². The van der Waals surface area contributed by atoms with Gasteiger partial charge in [0.1, 0.15) is 6.04 Å². The lowest BCUT2D eigenvalue weighted by atomic mass is 10.1. The summed E-state index contributed by atoms with van der Waals surface area (Å²) in [5.74, 6) is -0.136. The standard InChI is InChI=1S/C15H19Cl2N3O2/c1-9(2)18-15(22)19-6-7-20(14(21)10(19)3)11-4-5-12(16)13(17)8-11/h4-5,8-10H,6-7H2,1-3H3,(H,18,22). The fourth-order valence-corrected chi connectivity index (χ4v) is 2.68. The molecule has 0 aliphatic carbocycles. The fourth-order valence-electron chi connectivity index (χ4n) is 2.39. The van der Waals surface area contributed by atoms with Gasteiger partial charge in [0.05, 0.1) is 10.0 Å². The number of anilines is 1. The molecule has 0 aromatic heterocycles. The van der Waals surface area contributed by atoms with Crippen molar-refractivity contribution in [3.63, 3.8) is 0 Å². The zero-order valence-corrected chi connectivity index (χ0v) is 14.3. The SMILES string of the molecule is CC(C)NC(=O)N1CCN(c2ccc(Cl)c(Cl)c2)C(=O)C1C. The molecule has 1 unspecified atom stereocenters. The van der Waals surface area contributed by atoms with Gasteiger partial charge in [-0.3, -0.25) is 4.79 Å². The van der Waals surface area contributed by atoms with Crippen LogP contribution in [-0.2, 0) is 4.79 Å². The summed E-state index contributed by atoms with van der Waals surface area (Å²) in [5, 5.41) is 3.66. The zero-order chi connectivity index (χ0) is 16.4. The zero-order valence-electron chi connectivity index (χ0n) is 12.8. The summed E-state index contributed by atoms with van der Waals surface area (Å²) >= 11 is 11.9. The fraction of sp³-hybridized carbons (Fsp3) is 0.467. The van der Waals surface area contributed by atoms with Crippen LogP contribution in [0.1, 0.15) is 20.8 Å². The van der Waals surface area contributed by atoms with Crippen molar-refractivity contribution in [1.29, 1.82) is 0 Å². The van der Waals surface area contributed by atoms with E-state index in [1.54, 1.807) is 34.9 Å². The summed E-state index contributed by atoms with van der Waals surface area (Å²) in [6.07, 6.45) is 0. The van der Waals surface area contributed by atoms with Crippen LogP contribution in [0.3, 0.4) is 0 Å². The van der Waals surface area contributed by atoms with Crippen LogP contribution >= 0.6 is 23.2 Å². The first-order valence-corrected chi connectivity index (χ1v) is 7.90. The molecule has 1 N–H and O–H groups in total. The number of halogens is 2. The molecule has 1 aliphatic rings. The second-order valence-corrected chi connectivity index (χ2v) is 6.38. The number of rotatable bonds is 2. The number of amides is 3. The van der Waals surface area contributed by atoms with Crippen molar-refractivity contribution in [2.75, 3.05) is 18.0 Å². The average Bonchev–Trinajstić information content (AvgIpc) is 2.44. The van der Waals surface area contributed by atoms with E-state index in [1.165, 1.54) is 0 Å². The van der Waals surface area contributed by atoms with E-state index in [9.17, 15) is 9.59 Å². The van der Waals surface area contributed by atoms with E-state index in [4.69, 9.17) is 23.2 Å². The monoisotopic (exact) mass is 343 g/mol. The second kappa shape index (κ2) is 6.75. The number of benzene rings is 1. The summed E-state index contributed by atoms with van der Waals surface area (Å²) in [6.45, 7) is 6.39. The molecular formula is C15H19Cl2N3O2. The van der Waals surface area contributed by atoms with Crippen LogP contribution in [0.2, 0.25) is 10.0 Å². The van der Waals surface area contributed by atoms with Gasteiger partial charge in [0, 0.05) is 24.8 Å². The quantitative estimate of drug-likeness (QED) is 0.896. The van der Waals surface area contributed by atoms with Gasteiger partial charge in [-0.1, -0.05) is 23.2 Å². The van der Waals surface area contributed by atoms with Gasteiger partial charge in [-0.15, -0.1) is 0 Å². The molecule has 1 heterocycles. The molecule has 0 spiro atoms. The third-order valence-electron chi connectivity index (χ3n) is 3.54. The summed E-state index contributed by atoms with van der Waals surface area (Å²) in [5.41, 5.74) is 0.690. The predicted molar refractivity (Wildman–Crippen MR) is 88.7 cm³/mol. The summed E-state index contributed by atoms with van der Waals surface area (Å²) in [7, 11) is 0. The van der Waals surface area contributed by atoms with E-state index in [0.717, 1.165) is 0 Å². The minimum atomic E-state index is -0.526. The highest BCUT2D eigenvalue weighted by atomic mass is 35.5. The topological polar surface area (TPSA) is 52.7 Å². The molecule has 2 rings (SSSR count). The molecule has 7 heteroatoms. The van der Waals surface area contributed by atoms with Crippen LogP contribution in [0.25, 0.3) is 0 Å². The lowest BCUT2D eigenvalue weighted by molar-refractivity contribution is -0.124. The highest BCUT2D eigenvalue weighted by molar-refractivity contribution is 6.42. The van der Waals surface area contributed by atoms with Crippen molar-refractivity contribution in [2.45, 2.75) is 32.9 Å². The molecule has 1 aromatic carbocycles. The summed E-state index contributed by atoms with van der Waals surface area (Å²) in [4.78, 5) is 27.8. The van der Waals surface area contributed by atoms with E-state index in [1.807, 2.05) is 13.8 Å². The number of carbonyl (C=O) groups excluding carboxylic acids is 2. The van der Waals surface area contributed by atoms with Crippen molar-refractivity contribution in [2.24, 2.45) is 0 Å². The summed E-state index contributed by atoms with van der Waals surface area (Å²) in [6, 6.07) is 4.37. The first kappa shape index (κ1) is 16.9. The molecule has 1 aliphatic heterocycles. The van der Waals surface area contributed by atoms with E-state index in [2.05, 4.69) is 5.32 Å². The highest BCUT2D eigenvalue weighted by Crippen LogP contribution is 2.28. The third kappa shape index (κ3) is 3.47. The minimum absolute atomic E-state index is 0.0305. The van der Waals surface area contributed by atoms with E-state index in [0.29, 0.717) is 28.8 Å². The van der Waals surface area contributed by atoms with E-state index in [-0.39, 0.29) is 18.0 Å². The molecule has 1 fully saturated rings. The molecular weight excluding hydrogens is 325 g/mol. The Hall–Kier alpha value is -1.46. The van der Waals surface area contributed by atoms with Crippen molar-refractivity contribution < 1.29 is 9.59 Å². The van der Waals surface area contributed by atoms with Crippen LogP contribution in [-0.4, -0.2) is 42.0 Å². The van der Waals surface area contributed by atoms with Gasteiger partial charge in [-0.2, -0.15) is 0 Å². The van der Waals surface area contributed by atoms with Gasteiger partial charge in [-0.05, 0) is 39.0 Å². The second-order valence-electron chi connectivity index (χ2n) is 5.56. The van der Waals surface area contributed by atoms with Gasteiger partial charge in [0.25, 0.3) is 0 Å². The molecule has 5 nitrogen and oxygen atoms in total. The number of hydrogen-bond acceptors (Lipinski definition) is 2. The van der Waals surface area contributed by atoms with Crippen LogP contribution < -0.4 is 10.2 Å². The molecule has 0 saturated carbocycles. The molecule has 120 valence electrons. The summed E-state index contributed by atoms with van der Waals surface area (Å²) < 4.78 is 0. The van der Waals surface area contributed by atoms with Crippen LogP contribution in [0.4, 0.5) is 10.5 Å². The van der Waals surface area contributed by atoms with E-state index < -0.39 is 6.04 Å². The number of hydrogen-bond donors (Lipinski definition) is 1. The van der Waals surface area contributed by atoms with Crippen molar-refractivity contribution in [3.05, 3.63) is 28.2 Å². The Bertz CT molecular complexity index is 592. The van der Waals surface area contributed by atoms with Crippen LogP contribution in [0.15, 0.2) is 18.2 Å². The third-order valence-corrected chi connectivity index (χ3v) is 4.28. The molecule has 1 atom stereocenters. The Labute approximate surface area is 140 Å². The van der Waals surface area contributed by atoms with Crippen LogP contribution in [0.5, 0.6) is 0 Å². The Morgan fingerprint density at radius 3 is 2.55 bits per heavy atom. The first-order chi connectivity index (χ1) is 10.3. The number of nitrogens with one attached hydrogen (secondary N) is 1. The van der Waals surface area contributed by atoms with E-state index >= 15 is 0 Å². The van der Waals surface area contributed by atoms with Gasteiger partial charge >= 0.3 is 6.03 Å². The molecule has 1 aromatic rings. The van der Waals surface area contributed by atoms with Gasteiger partial charge < -0.3 is 15.1 Å². The smallest absolute Gasteiger partial charge is 0.318 e. The Balaban J connectivity index is 2.15. The number of carbonyl (C=O) groups is 2. The van der Waals surface area contributed by atoms with Crippen molar-refractivity contribution in [3.8, 4) is 0 Å². The maximum Gasteiger partial charge on any atom is 0.318 e. The minimum Gasteiger partial charge on any atom is -0.336 e. The number of nitrogens with zero attached hydrogens (tertiary/aromatic N) is 2. The Kier molecular flexibility index (Phi) is 5.19. The maximum absolute atomic E-state index is 12.6. The largest absolute Gasteiger partial charge is 0.336 e. The Morgan fingerprint density at radius 1 is 1.27 bits per heavy atom. The molecule has 0 bridgehead atoms. The van der Waals surface area contributed by atoms with Gasteiger partial charge in [0.15, 0.2) is 0 Å². The first-order valence-electron chi connectivity index (χ1n) is 7.15. The van der Waals surface area contributed by atoms with Gasteiger partial charge in [0.2, 0.25) is 5.91 Å². The van der Waals surface area contributed by atoms with Crippen molar-refractivity contribution >= 4 is 40.8 Å². The highest BCUT2D eigenvalue weighted by Gasteiger charge is 2.35. The maximum atomic E-state index is 12.6. The molecule has 3 amide bonds. The van der Waals surface area contributed by atoms with Gasteiger partial charge in [-0.25, -0.2) is 4.79 Å². The average molecular weight is 344 g/mol. The lowest BCUT2D eigenvalue weighted by Gasteiger charge is -2.39. The molecule has 1 saturated heterocycles. The normalized spacial score (nSPS) is 18.8. The molecule has 0 radical (unpaired) electrons. The van der Waals surface area contributed by atoms with Crippen molar-refractivity contribution in [1.82, 2.24) is 10.2 Å². The molecule has 22 heavy (non-hydrogen) atoms. The number of piperazine rings is 1. The predicted octanol–water partition coefficient (Wildman–Crippen LogP) is 3.15. The Morgan fingerprint density at radius 2 is 1.95 bits per heavy atom.